The van der Waals surface area contributed by atoms with Crippen molar-refractivity contribution < 1.29 is 26.7 Å². The Balaban J connectivity index is 1.50. The molecule has 1 amide bonds. The van der Waals surface area contributed by atoms with E-state index in [0.717, 1.165) is 6.07 Å². The quantitative estimate of drug-likeness (QED) is 0.733. The summed E-state index contributed by atoms with van der Waals surface area (Å²) in [5, 5.41) is 0. The molecule has 0 unspecified atom stereocenters. The second-order valence-corrected chi connectivity index (χ2v) is 8.17. The molecule has 3 rings (SSSR count). The van der Waals surface area contributed by atoms with Crippen LogP contribution in [-0.2, 0) is 14.8 Å². The number of piperazine rings is 1. The number of carbonyl (C=O) groups is 1. The van der Waals surface area contributed by atoms with Crippen molar-refractivity contribution in [3.8, 4) is 5.75 Å². The second kappa shape index (κ2) is 8.66. The Hall–Kier alpha value is -2.52. The van der Waals surface area contributed by atoms with Crippen LogP contribution in [0.15, 0.2) is 53.4 Å². The summed E-state index contributed by atoms with van der Waals surface area (Å²) < 4.78 is 58.4. The van der Waals surface area contributed by atoms with Crippen LogP contribution in [0.1, 0.15) is 6.42 Å². The molecule has 1 fully saturated rings. The van der Waals surface area contributed by atoms with Gasteiger partial charge in [-0.1, -0.05) is 12.1 Å². The van der Waals surface area contributed by atoms with Gasteiger partial charge in [0.2, 0.25) is 15.9 Å². The van der Waals surface area contributed by atoms with E-state index in [-0.39, 0.29) is 55.8 Å². The standard InChI is InChI=1S/C19H20F2N2O4S/c20-15-5-7-16(8-6-15)27-14-9-19(24)22-10-12-23(13-11-22)28(25,26)18-4-2-1-3-17(18)21/h1-8H,9-14H2. The number of sulfonamides is 1. The third-order valence-corrected chi connectivity index (χ3v) is 6.38. The van der Waals surface area contributed by atoms with Gasteiger partial charge in [-0.25, -0.2) is 17.2 Å². The van der Waals surface area contributed by atoms with Crippen molar-refractivity contribution in [2.24, 2.45) is 0 Å². The number of amides is 1. The molecular formula is C19H20F2N2O4S. The van der Waals surface area contributed by atoms with Gasteiger partial charge in [0.15, 0.2) is 0 Å². The number of halogens is 2. The maximum atomic E-state index is 13.8. The highest BCUT2D eigenvalue weighted by Crippen LogP contribution is 2.20. The lowest BCUT2D eigenvalue weighted by atomic mass is 10.3. The van der Waals surface area contributed by atoms with E-state index in [2.05, 4.69) is 0 Å². The van der Waals surface area contributed by atoms with Gasteiger partial charge in [0.05, 0.1) is 13.0 Å². The molecule has 1 saturated heterocycles. The summed E-state index contributed by atoms with van der Waals surface area (Å²) in [7, 11) is -3.93. The molecule has 2 aromatic carbocycles. The van der Waals surface area contributed by atoms with Crippen LogP contribution in [0.5, 0.6) is 5.75 Å². The summed E-state index contributed by atoms with van der Waals surface area (Å²) >= 11 is 0. The Kier molecular flexibility index (Phi) is 6.25. The van der Waals surface area contributed by atoms with E-state index < -0.39 is 15.8 Å². The Morgan fingerprint density at radius 2 is 1.61 bits per heavy atom. The van der Waals surface area contributed by atoms with Gasteiger partial charge in [-0.15, -0.1) is 0 Å². The van der Waals surface area contributed by atoms with Crippen LogP contribution in [0, 0.1) is 11.6 Å². The maximum Gasteiger partial charge on any atom is 0.246 e. The Morgan fingerprint density at radius 3 is 2.25 bits per heavy atom. The molecule has 28 heavy (non-hydrogen) atoms. The van der Waals surface area contributed by atoms with Crippen LogP contribution >= 0.6 is 0 Å². The van der Waals surface area contributed by atoms with Crippen molar-refractivity contribution in [1.82, 2.24) is 9.21 Å². The average molecular weight is 410 g/mol. The number of benzene rings is 2. The van der Waals surface area contributed by atoms with Crippen LogP contribution in [0.3, 0.4) is 0 Å². The Morgan fingerprint density at radius 1 is 0.964 bits per heavy atom. The van der Waals surface area contributed by atoms with Crippen LogP contribution in [0.25, 0.3) is 0 Å². The van der Waals surface area contributed by atoms with Crippen molar-refractivity contribution in [3.05, 3.63) is 60.2 Å². The predicted octanol–water partition coefficient (Wildman–Crippen LogP) is 2.27. The normalized spacial score (nSPS) is 15.4. The number of hydrogen-bond acceptors (Lipinski definition) is 4. The molecule has 0 N–H and O–H groups in total. The minimum atomic E-state index is -3.93. The summed E-state index contributed by atoms with van der Waals surface area (Å²) in [6.07, 6.45) is 0.122. The molecule has 1 aliphatic heterocycles. The smallest absolute Gasteiger partial charge is 0.246 e. The highest BCUT2D eigenvalue weighted by molar-refractivity contribution is 7.89. The van der Waals surface area contributed by atoms with Gasteiger partial charge in [0.25, 0.3) is 0 Å². The molecular weight excluding hydrogens is 390 g/mol. The average Bonchev–Trinajstić information content (AvgIpc) is 2.69. The molecule has 9 heteroatoms. The van der Waals surface area contributed by atoms with E-state index >= 15 is 0 Å². The SMILES string of the molecule is O=C(CCOc1ccc(F)cc1)N1CCN(S(=O)(=O)c2ccccc2F)CC1. The van der Waals surface area contributed by atoms with Gasteiger partial charge < -0.3 is 9.64 Å². The Labute approximate surface area is 162 Å². The molecule has 1 aliphatic rings. The predicted molar refractivity (Wildman–Crippen MR) is 98.3 cm³/mol. The van der Waals surface area contributed by atoms with Crippen LogP contribution < -0.4 is 4.74 Å². The summed E-state index contributed by atoms with van der Waals surface area (Å²) in [5.41, 5.74) is 0. The van der Waals surface area contributed by atoms with E-state index in [9.17, 15) is 22.0 Å². The van der Waals surface area contributed by atoms with Crippen LogP contribution in [-0.4, -0.2) is 56.3 Å². The van der Waals surface area contributed by atoms with Crippen molar-refractivity contribution in [1.29, 1.82) is 0 Å². The summed E-state index contributed by atoms with van der Waals surface area (Å²) in [6.45, 7) is 0.785. The molecule has 6 nitrogen and oxygen atoms in total. The largest absolute Gasteiger partial charge is 0.493 e. The zero-order chi connectivity index (χ0) is 20.1. The lowest BCUT2D eigenvalue weighted by molar-refractivity contribution is -0.132. The van der Waals surface area contributed by atoms with Gasteiger partial charge in [0.1, 0.15) is 22.3 Å². The third kappa shape index (κ3) is 4.66. The molecule has 0 bridgehead atoms. The lowest BCUT2D eigenvalue weighted by Crippen LogP contribution is -2.50. The Bertz CT molecular complexity index is 927. The molecule has 1 heterocycles. The van der Waals surface area contributed by atoms with E-state index in [1.807, 2.05) is 0 Å². The minimum absolute atomic E-state index is 0.0984. The van der Waals surface area contributed by atoms with Crippen LogP contribution in [0.4, 0.5) is 8.78 Å². The van der Waals surface area contributed by atoms with Gasteiger partial charge in [0, 0.05) is 26.2 Å². The van der Waals surface area contributed by atoms with Crippen LogP contribution in [0.2, 0.25) is 0 Å². The summed E-state index contributed by atoms with van der Waals surface area (Å²) in [6, 6.07) is 10.7. The number of hydrogen-bond donors (Lipinski definition) is 0. The van der Waals surface area contributed by atoms with Gasteiger partial charge in [-0.3, -0.25) is 4.79 Å². The number of ether oxygens (including phenoxy) is 1. The van der Waals surface area contributed by atoms with Gasteiger partial charge in [-0.2, -0.15) is 4.31 Å². The maximum absolute atomic E-state index is 13.8. The van der Waals surface area contributed by atoms with Crippen molar-refractivity contribution in [2.45, 2.75) is 11.3 Å². The van der Waals surface area contributed by atoms with Gasteiger partial charge in [-0.05, 0) is 36.4 Å². The number of rotatable bonds is 6. The zero-order valence-electron chi connectivity index (χ0n) is 15.1. The van der Waals surface area contributed by atoms with Crippen molar-refractivity contribution >= 4 is 15.9 Å². The highest BCUT2D eigenvalue weighted by Gasteiger charge is 2.31. The third-order valence-electron chi connectivity index (χ3n) is 4.44. The summed E-state index contributed by atoms with van der Waals surface area (Å²) in [5.74, 6) is -0.856. The van der Waals surface area contributed by atoms with Crippen molar-refractivity contribution in [2.75, 3.05) is 32.8 Å². The molecule has 0 radical (unpaired) electrons. The lowest BCUT2D eigenvalue weighted by Gasteiger charge is -2.34. The fourth-order valence-electron chi connectivity index (χ4n) is 2.92. The zero-order valence-corrected chi connectivity index (χ0v) is 15.9. The molecule has 0 saturated carbocycles. The first-order valence-corrected chi connectivity index (χ1v) is 10.2. The molecule has 0 atom stereocenters. The number of nitrogens with zero attached hydrogens (tertiary/aromatic N) is 2. The second-order valence-electron chi connectivity index (χ2n) is 6.27. The summed E-state index contributed by atoms with van der Waals surface area (Å²) in [4.78, 5) is 13.5. The van der Waals surface area contributed by atoms with Crippen molar-refractivity contribution in [3.63, 3.8) is 0 Å². The van der Waals surface area contributed by atoms with Gasteiger partial charge >= 0.3 is 0 Å². The molecule has 0 aromatic heterocycles. The molecule has 0 aliphatic carbocycles. The molecule has 0 spiro atoms. The minimum Gasteiger partial charge on any atom is -0.493 e. The molecule has 150 valence electrons. The number of carbonyl (C=O) groups excluding carboxylic acids is 1. The fourth-order valence-corrected chi connectivity index (χ4v) is 4.40. The first-order valence-electron chi connectivity index (χ1n) is 8.79. The van der Waals surface area contributed by atoms with E-state index in [4.69, 9.17) is 4.74 Å². The van der Waals surface area contributed by atoms with E-state index in [1.54, 1.807) is 4.90 Å². The van der Waals surface area contributed by atoms with E-state index in [1.165, 1.54) is 46.8 Å². The topological polar surface area (TPSA) is 66.9 Å². The monoisotopic (exact) mass is 410 g/mol. The fraction of sp³-hybridized carbons (Fsp3) is 0.316. The first-order chi connectivity index (χ1) is 13.4. The molecule has 2 aromatic rings. The van der Waals surface area contributed by atoms with E-state index in [0.29, 0.717) is 5.75 Å². The highest BCUT2D eigenvalue weighted by atomic mass is 32.2. The first kappa shape index (κ1) is 20.2.